The SMILES string of the molecule is Cc1cc(N)cc(C(=O)N2CCC(N(C)C)C2)c1F. The van der Waals surface area contributed by atoms with E-state index in [0.717, 1.165) is 6.42 Å². The number of benzene rings is 1. The number of carbonyl (C=O) groups excluding carboxylic acids is 1. The van der Waals surface area contributed by atoms with Crippen LogP contribution in [0.5, 0.6) is 0 Å². The van der Waals surface area contributed by atoms with Gasteiger partial charge in [0.25, 0.3) is 5.91 Å². The van der Waals surface area contributed by atoms with E-state index < -0.39 is 5.82 Å². The van der Waals surface area contributed by atoms with Gasteiger partial charge in [0.15, 0.2) is 0 Å². The number of carbonyl (C=O) groups is 1. The van der Waals surface area contributed by atoms with Crippen LogP contribution in [0.15, 0.2) is 12.1 Å². The maximum atomic E-state index is 14.0. The van der Waals surface area contributed by atoms with Crippen molar-refractivity contribution in [3.05, 3.63) is 29.1 Å². The molecule has 1 amide bonds. The molecule has 1 heterocycles. The first-order chi connectivity index (χ1) is 8.90. The average molecular weight is 265 g/mol. The predicted octanol–water partition coefficient (Wildman–Crippen LogP) is 1.49. The molecule has 0 aromatic heterocycles. The van der Waals surface area contributed by atoms with Gasteiger partial charge in [-0.25, -0.2) is 4.39 Å². The van der Waals surface area contributed by atoms with E-state index in [-0.39, 0.29) is 11.5 Å². The van der Waals surface area contributed by atoms with Gasteiger partial charge in [-0.3, -0.25) is 4.79 Å². The number of rotatable bonds is 2. The van der Waals surface area contributed by atoms with Crippen molar-refractivity contribution < 1.29 is 9.18 Å². The number of likely N-dealkylation sites (tertiary alicyclic amines) is 1. The van der Waals surface area contributed by atoms with Crippen molar-refractivity contribution in [3.8, 4) is 0 Å². The van der Waals surface area contributed by atoms with E-state index in [1.807, 2.05) is 14.1 Å². The summed E-state index contributed by atoms with van der Waals surface area (Å²) in [5.74, 6) is -0.732. The van der Waals surface area contributed by atoms with Crippen LogP contribution < -0.4 is 5.73 Å². The van der Waals surface area contributed by atoms with Crippen LogP contribution in [-0.4, -0.2) is 48.9 Å². The highest BCUT2D eigenvalue weighted by atomic mass is 19.1. The van der Waals surface area contributed by atoms with E-state index in [1.165, 1.54) is 6.07 Å². The number of hydrogen-bond acceptors (Lipinski definition) is 3. The van der Waals surface area contributed by atoms with E-state index >= 15 is 0 Å². The van der Waals surface area contributed by atoms with E-state index in [9.17, 15) is 9.18 Å². The number of nitrogen functional groups attached to an aromatic ring is 1. The third-order valence-corrected chi connectivity index (χ3v) is 3.69. The van der Waals surface area contributed by atoms with Crippen LogP contribution in [0.25, 0.3) is 0 Å². The number of likely N-dealkylation sites (N-methyl/N-ethyl adjacent to an activating group) is 1. The second-order valence-electron chi connectivity index (χ2n) is 5.36. The standard InChI is InChI=1S/C14H20FN3O/c1-9-6-10(16)7-12(13(9)15)14(19)18-5-4-11(8-18)17(2)3/h6-7,11H,4-5,8,16H2,1-3H3. The quantitative estimate of drug-likeness (QED) is 0.824. The second-order valence-corrected chi connectivity index (χ2v) is 5.36. The average Bonchev–Trinajstić information content (AvgIpc) is 2.82. The van der Waals surface area contributed by atoms with Crippen LogP contribution in [0, 0.1) is 12.7 Å². The lowest BCUT2D eigenvalue weighted by atomic mass is 10.1. The lowest BCUT2D eigenvalue weighted by molar-refractivity contribution is 0.0778. The molecule has 19 heavy (non-hydrogen) atoms. The minimum absolute atomic E-state index is 0.0805. The second kappa shape index (κ2) is 5.17. The van der Waals surface area contributed by atoms with Gasteiger partial charge in [0.05, 0.1) is 5.56 Å². The molecule has 5 heteroatoms. The highest BCUT2D eigenvalue weighted by molar-refractivity contribution is 5.95. The molecule has 0 radical (unpaired) electrons. The number of halogens is 1. The number of nitrogens with two attached hydrogens (primary N) is 1. The Labute approximate surface area is 113 Å². The minimum Gasteiger partial charge on any atom is -0.399 e. The monoisotopic (exact) mass is 265 g/mol. The number of nitrogens with zero attached hydrogens (tertiary/aromatic N) is 2. The number of aryl methyl sites for hydroxylation is 1. The summed E-state index contributed by atoms with van der Waals surface area (Å²) in [6.07, 6.45) is 0.918. The maximum Gasteiger partial charge on any atom is 0.256 e. The van der Waals surface area contributed by atoms with Crippen molar-refractivity contribution in [1.82, 2.24) is 9.80 Å². The molecule has 2 N–H and O–H groups in total. The summed E-state index contributed by atoms with van der Waals surface area (Å²) < 4.78 is 14.0. The molecule has 1 unspecified atom stereocenters. The molecule has 1 aromatic carbocycles. The van der Waals surface area contributed by atoms with Crippen LogP contribution in [0.3, 0.4) is 0 Å². The van der Waals surface area contributed by atoms with Crippen molar-refractivity contribution >= 4 is 11.6 Å². The summed E-state index contributed by atoms with van der Waals surface area (Å²) in [5.41, 5.74) is 6.61. The Morgan fingerprint density at radius 3 is 2.74 bits per heavy atom. The highest BCUT2D eigenvalue weighted by Crippen LogP contribution is 2.22. The minimum atomic E-state index is -0.465. The van der Waals surface area contributed by atoms with E-state index in [1.54, 1.807) is 17.9 Å². The first kappa shape index (κ1) is 13.8. The van der Waals surface area contributed by atoms with E-state index in [2.05, 4.69) is 4.90 Å². The molecule has 1 fully saturated rings. The van der Waals surface area contributed by atoms with Gasteiger partial charge in [-0.15, -0.1) is 0 Å². The summed E-state index contributed by atoms with van der Waals surface area (Å²) in [6, 6.07) is 3.31. The Morgan fingerprint density at radius 1 is 1.47 bits per heavy atom. The lowest BCUT2D eigenvalue weighted by Gasteiger charge is -2.21. The summed E-state index contributed by atoms with van der Waals surface area (Å²) in [4.78, 5) is 16.1. The Bertz CT molecular complexity index is 502. The molecule has 104 valence electrons. The lowest BCUT2D eigenvalue weighted by Crippen LogP contribution is -2.35. The third-order valence-electron chi connectivity index (χ3n) is 3.69. The smallest absolute Gasteiger partial charge is 0.256 e. The number of hydrogen-bond donors (Lipinski definition) is 1. The molecule has 1 saturated heterocycles. The topological polar surface area (TPSA) is 49.6 Å². The molecule has 0 aliphatic carbocycles. The van der Waals surface area contributed by atoms with Gasteiger partial charge >= 0.3 is 0 Å². The number of anilines is 1. The molecular formula is C14H20FN3O. The van der Waals surface area contributed by atoms with Crippen molar-refractivity contribution in [1.29, 1.82) is 0 Å². The van der Waals surface area contributed by atoms with E-state index in [4.69, 9.17) is 5.73 Å². The van der Waals surface area contributed by atoms with Gasteiger partial charge in [0, 0.05) is 24.8 Å². The van der Waals surface area contributed by atoms with Crippen molar-refractivity contribution in [3.63, 3.8) is 0 Å². The van der Waals surface area contributed by atoms with Gasteiger partial charge < -0.3 is 15.5 Å². The van der Waals surface area contributed by atoms with Crippen LogP contribution >= 0.6 is 0 Å². The predicted molar refractivity (Wildman–Crippen MR) is 73.5 cm³/mol. The molecular weight excluding hydrogens is 245 g/mol. The first-order valence-electron chi connectivity index (χ1n) is 6.41. The van der Waals surface area contributed by atoms with Gasteiger partial charge in [-0.05, 0) is 45.1 Å². The fourth-order valence-corrected chi connectivity index (χ4v) is 2.47. The van der Waals surface area contributed by atoms with Gasteiger partial charge in [-0.1, -0.05) is 0 Å². The van der Waals surface area contributed by atoms with Gasteiger partial charge in [0.1, 0.15) is 5.82 Å². The maximum absolute atomic E-state index is 14.0. The van der Waals surface area contributed by atoms with Crippen LogP contribution in [0.2, 0.25) is 0 Å². The molecule has 0 saturated carbocycles. The molecule has 4 nitrogen and oxygen atoms in total. The molecule has 2 rings (SSSR count). The van der Waals surface area contributed by atoms with E-state index in [0.29, 0.717) is 30.4 Å². The first-order valence-corrected chi connectivity index (χ1v) is 6.41. The van der Waals surface area contributed by atoms with Crippen LogP contribution in [0.4, 0.5) is 10.1 Å². The van der Waals surface area contributed by atoms with Crippen LogP contribution in [0.1, 0.15) is 22.3 Å². The Morgan fingerprint density at radius 2 is 2.16 bits per heavy atom. The summed E-state index contributed by atoms with van der Waals surface area (Å²) in [5, 5.41) is 0. The summed E-state index contributed by atoms with van der Waals surface area (Å²) >= 11 is 0. The highest BCUT2D eigenvalue weighted by Gasteiger charge is 2.29. The zero-order valence-electron chi connectivity index (χ0n) is 11.6. The molecule has 1 atom stereocenters. The Hall–Kier alpha value is -1.62. The Kier molecular flexibility index (Phi) is 3.75. The van der Waals surface area contributed by atoms with Gasteiger partial charge in [0.2, 0.25) is 0 Å². The fraction of sp³-hybridized carbons (Fsp3) is 0.500. The van der Waals surface area contributed by atoms with Crippen LogP contribution in [-0.2, 0) is 0 Å². The van der Waals surface area contributed by atoms with Crippen molar-refractivity contribution in [2.45, 2.75) is 19.4 Å². The van der Waals surface area contributed by atoms with Gasteiger partial charge in [-0.2, -0.15) is 0 Å². The third kappa shape index (κ3) is 2.71. The molecule has 0 spiro atoms. The largest absolute Gasteiger partial charge is 0.399 e. The summed E-state index contributed by atoms with van der Waals surface area (Å²) in [6.45, 7) is 2.92. The fourth-order valence-electron chi connectivity index (χ4n) is 2.47. The molecule has 1 aliphatic heterocycles. The molecule has 1 aromatic rings. The van der Waals surface area contributed by atoms with Crippen molar-refractivity contribution in [2.24, 2.45) is 0 Å². The zero-order chi connectivity index (χ0) is 14.2. The molecule has 0 bridgehead atoms. The molecule has 1 aliphatic rings. The zero-order valence-corrected chi connectivity index (χ0v) is 11.6. The number of amides is 1. The van der Waals surface area contributed by atoms with Crippen molar-refractivity contribution in [2.75, 3.05) is 32.9 Å². The normalized spacial score (nSPS) is 19.2. The summed E-state index contributed by atoms with van der Waals surface area (Å²) in [7, 11) is 3.98. The Balaban J connectivity index is 2.22.